The Balaban J connectivity index is 2.00. The van der Waals surface area contributed by atoms with Gasteiger partial charge in [-0.05, 0) is 56.8 Å². The molecule has 0 bridgehead atoms. The molecule has 0 aliphatic heterocycles. The van der Waals surface area contributed by atoms with Crippen molar-refractivity contribution in [3.8, 4) is 0 Å². The van der Waals surface area contributed by atoms with E-state index in [2.05, 4.69) is 16.0 Å². The molecule has 0 aliphatic carbocycles. The third-order valence-electron chi connectivity index (χ3n) is 4.49. The summed E-state index contributed by atoms with van der Waals surface area (Å²) in [6.45, 7) is 6.05. The monoisotopic (exact) mass is 464 g/mol. The number of carbonyl (C=O) groups is 3. The Labute approximate surface area is 190 Å². The van der Waals surface area contributed by atoms with Gasteiger partial charge in [-0.3, -0.25) is 19.3 Å². The summed E-state index contributed by atoms with van der Waals surface area (Å²) in [7, 11) is 0. The Morgan fingerprint density at radius 2 is 1.52 bits per heavy atom. The number of amides is 3. The Bertz CT molecular complexity index is 993. The standard InChI is InChI=1S/C23H27F3N4O3/c1-4-30(13-20(31)27-15(2)3)14-21(32)28-18-9-5-7-16(11-18)22(33)29-19-10-6-8-17(12-19)23(24,25)26/h5-12,15H,4,13-14H2,1-3H3,(H,27,31)(H,28,32)(H,29,33). The van der Waals surface area contributed by atoms with Gasteiger partial charge in [0.1, 0.15) is 0 Å². The summed E-state index contributed by atoms with van der Waals surface area (Å²) in [5.74, 6) is -1.18. The van der Waals surface area contributed by atoms with E-state index in [1.807, 2.05) is 20.8 Å². The highest BCUT2D eigenvalue weighted by molar-refractivity contribution is 6.05. The molecule has 0 fully saturated rings. The van der Waals surface area contributed by atoms with Crippen LogP contribution in [0.1, 0.15) is 36.7 Å². The lowest BCUT2D eigenvalue weighted by Crippen LogP contribution is -2.42. The number of nitrogens with zero attached hydrogens (tertiary/aromatic N) is 1. The molecule has 0 spiro atoms. The average Bonchev–Trinajstić information content (AvgIpc) is 2.72. The van der Waals surface area contributed by atoms with Crippen molar-refractivity contribution in [2.24, 2.45) is 0 Å². The summed E-state index contributed by atoms with van der Waals surface area (Å²) in [4.78, 5) is 38.5. The van der Waals surface area contributed by atoms with Gasteiger partial charge >= 0.3 is 6.18 Å². The molecule has 0 heterocycles. The number of nitrogens with one attached hydrogen (secondary N) is 3. The van der Waals surface area contributed by atoms with Crippen molar-refractivity contribution in [2.75, 3.05) is 30.3 Å². The summed E-state index contributed by atoms with van der Waals surface area (Å²) in [6.07, 6.45) is -4.52. The second-order valence-electron chi connectivity index (χ2n) is 7.69. The second kappa shape index (κ2) is 11.5. The molecule has 2 rings (SSSR count). The number of halogens is 3. The van der Waals surface area contributed by atoms with Gasteiger partial charge < -0.3 is 16.0 Å². The maximum Gasteiger partial charge on any atom is 0.416 e. The normalized spacial score (nSPS) is 11.4. The number of hydrogen-bond donors (Lipinski definition) is 3. The van der Waals surface area contributed by atoms with E-state index < -0.39 is 17.6 Å². The molecule has 10 heteroatoms. The minimum atomic E-state index is -4.52. The van der Waals surface area contributed by atoms with Crippen molar-refractivity contribution < 1.29 is 27.6 Å². The topological polar surface area (TPSA) is 90.5 Å². The van der Waals surface area contributed by atoms with E-state index in [1.165, 1.54) is 24.3 Å². The molecule has 2 aromatic carbocycles. The van der Waals surface area contributed by atoms with Gasteiger partial charge in [-0.15, -0.1) is 0 Å². The molecule has 0 atom stereocenters. The first-order valence-corrected chi connectivity index (χ1v) is 10.4. The fourth-order valence-electron chi connectivity index (χ4n) is 2.97. The average molecular weight is 464 g/mol. The molecular weight excluding hydrogens is 437 g/mol. The van der Waals surface area contributed by atoms with Crippen molar-refractivity contribution in [2.45, 2.75) is 33.0 Å². The summed E-state index contributed by atoms with van der Waals surface area (Å²) in [6, 6.07) is 10.3. The first-order valence-electron chi connectivity index (χ1n) is 10.4. The number of carbonyl (C=O) groups excluding carboxylic acids is 3. The molecule has 2 aromatic rings. The second-order valence-corrected chi connectivity index (χ2v) is 7.69. The number of likely N-dealkylation sites (N-methyl/N-ethyl adjacent to an activating group) is 1. The van der Waals surface area contributed by atoms with Crippen LogP contribution in [0.15, 0.2) is 48.5 Å². The van der Waals surface area contributed by atoms with Crippen LogP contribution in [-0.2, 0) is 15.8 Å². The zero-order chi connectivity index (χ0) is 24.6. The molecule has 0 saturated carbocycles. The molecule has 7 nitrogen and oxygen atoms in total. The summed E-state index contributed by atoms with van der Waals surface area (Å²) < 4.78 is 38.6. The number of anilines is 2. The van der Waals surface area contributed by atoms with Crippen molar-refractivity contribution in [3.05, 3.63) is 59.7 Å². The fourth-order valence-corrected chi connectivity index (χ4v) is 2.97. The molecule has 0 aliphatic rings. The van der Waals surface area contributed by atoms with Gasteiger partial charge in [-0.25, -0.2) is 0 Å². The van der Waals surface area contributed by atoms with Crippen molar-refractivity contribution in [1.82, 2.24) is 10.2 Å². The van der Waals surface area contributed by atoms with Crippen LogP contribution in [0.3, 0.4) is 0 Å². The Hall–Kier alpha value is -3.40. The van der Waals surface area contributed by atoms with Gasteiger partial charge in [0.15, 0.2) is 0 Å². The zero-order valence-corrected chi connectivity index (χ0v) is 18.6. The summed E-state index contributed by atoms with van der Waals surface area (Å²) in [5.41, 5.74) is -0.361. The van der Waals surface area contributed by atoms with Gasteiger partial charge in [-0.2, -0.15) is 13.2 Å². The Kier molecular flexibility index (Phi) is 8.98. The molecule has 0 radical (unpaired) electrons. The van der Waals surface area contributed by atoms with E-state index in [4.69, 9.17) is 0 Å². The minimum absolute atomic E-state index is 0.00234. The number of rotatable bonds is 9. The number of hydrogen-bond acceptors (Lipinski definition) is 4. The highest BCUT2D eigenvalue weighted by Crippen LogP contribution is 2.30. The lowest BCUT2D eigenvalue weighted by atomic mass is 10.1. The van der Waals surface area contributed by atoms with Gasteiger partial charge in [-0.1, -0.05) is 19.1 Å². The van der Waals surface area contributed by atoms with Crippen LogP contribution in [0.4, 0.5) is 24.5 Å². The van der Waals surface area contributed by atoms with Crippen molar-refractivity contribution in [3.63, 3.8) is 0 Å². The van der Waals surface area contributed by atoms with E-state index in [0.29, 0.717) is 12.2 Å². The van der Waals surface area contributed by atoms with Crippen LogP contribution in [0.5, 0.6) is 0 Å². The van der Waals surface area contributed by atoms with Crippen LogP contribution in [0.25, 0.3) is 0 Å². The SMILES string of the molecule is CCN(CC(=O)Nc1cccc(C(=O)Nc2cccc(C(F)(F)F)c2)c1)CC(=O)NC(C)C. The lowest BCUT2D eigenvalue weighted by molar-refractivity contribution is -0.137. The quantitative estimate of drug-likeness (QED) is 0.527. The molecule has 3 amide bonds. The van der Waals surface area contributed by atoms with E-state index >= 15 is 0 Å². The zero-order valence-electron chi connectivity index (χ0n) is 18.6. The molecule has 3 N–H and O–H groups in total. The molecule has 178 valence electrons. The molecule has 0 saturated heterocycles. The number of benzene rings is 2. The first-order chi connectivity index (χ1) is 15.5. The maximum atomic E-state index is 12.9. The molecular formula is C23H27F3N4O3. The van der Waals surface area contributed by atoms with Gasteiger partial charge in [0.05, 0.1) is 18.7 Å². The van der Waals surface area contributed by atoms with Crippen molar-refractivity contribution >= 4 is 29.1 Å². The predicted octanol–water partition coefficient (Wildman–Crippen LogP) is 3.74. The Morgan fingerprint density at radius 3 is 2.12 bits per heavy atom. The predicted molar refractivity (Wildman–Crippen MR) is 120 cm³/mol. The van der Waals surface area contributed by atoms with Crippen molar-refractivity contribution in [1.29, 1.82) is 0 Å². The first kappa shape index (κ1) is 25.9. The molecule has 33 heavy (non-hydrogen) atoms. The van der Waals surface area contributed by atoms with Crippen LogP contribution >= 0.6 is 0 Å². The smallest absolute Gasteiger partial charge is 0.353 e. The molecule has 0 unspecified atom stereocenters. The fraction of sp³-hybridized carbons (Fsp3) is 0.348. The summed E-state index contributed by atoms with van der Waals surface area (Å²) in [5, 5.41) is 7.86. The van der Waals surface area contributed by atoms with E-state index in [-0.39, 0.29) is 42.2 Å². The highest BCUT2D eigenvalue weighted by atomic mass is 19.4. The van der Waals surface area contributed by atoms with Gasteiger partial charge in [0.2, 0.25) is 11.8 Å². The van der Waals surface area contributed by atoms with Crippen LogP contribution < -0.4 is 16.0 Å². The minimum Gasteiger partial charge on any atom is -0.353 e. The van der Waals surface area contributed by atoms with Crippen LogP contribution in [0, 0.1) is 0 Å². The highest BCUT2D eigenvalue weighted by Gasteiger charge is 2.30. The van der Waals surface area contributed by atoms with E-state index in [1.54, 1.807) is 17.0 Å². The lowest BCUT2D eigenvalue weighted by Gasteiger charge is -2.20. The summed E-state index contributed by atoms with van der Waals surface area (Å²) >= 11 is 0. The van der Waals surface area contributed by atoms with E-state index in [9.17, 15) is 27.6 Å². The largest absolute Gasteiger partial charge is 0.416 e. The third-order valence-corrected chi connectivity index (χ3v) is 4.49. The third kappa shape index (κ3) is 8.57. The van der Waals surface area contributed by atoms with Gasteiger partial charge in [0.25, 0.3) is 5.91 Å². The van der Waals surface area contributed by atoms with Crippen LogP contribution in [-0.4, -0.2) is 48.3 Å². The molecule has 0 aromatic heterocycles. The van der Waals surface area contributed by atoms with Crippen LogP contribution in [0.2, 0.25) is 0 Å². The Morgan fingerprint density at radius 1 is 0.909 bits per heavy atom. The number of alkyl halides is 3. The maximum absolute atomic E-state index is 12.9. The van der Waals surface area contributed by atoms with E-state index in [0.717, 1.165) is 12.1 Å². The van der Waals surface area contributed by atoms with Gasteiger partial charge in [0, 0.05) is 23.0 Å².